The molecule has 3 nitrogen and oxygen atoms in total. The molecule has 0 atom stereocenters. The first-order chi connectivity index (χ1) is 19.3. The molecule has 0 bridgehead atoms. The molecule has 39 heavy (non-hydrogen) atoms. The van der Waals surface area contributed by atoms with Gasteiger partial charge in [0, 0.05) is 5.56 Å². The standard InChI is InChI=1S/C36H52N2O/c1-3-5-7-9-11-13-15-17-19-32-24-26-34(27-25-32)36-37-28-35(29-38-36)39-30-33-22-20-31(21-23-33)18-16-14-12-10-8-6-4-2/h20-29H,3-19,30H2,1-2H3. The lowest BCUT2D eigenvalue weighted by atomic mass is 10.0. The van der Waals surface area contributed by atoms with Gasteiger partial charge in [-0.25, -0.2) is 9.97 Å². The molecule has 0 aliphatic carbocycles. The van der Waals surface area contributed by atoms with E-state index in [1.54, 1.807) is 12.4 Å². The van der Waals surface area contributed by atoms with Crippen molar-refractivity contribution in [3.05, 3.63) is 77.6 Å². The second-order valence-electron chi connectivity index (χ2n) is 11.1. The van der Waals surface area contributed by atoms with Crippen LogP contribution in [0.1, 0.15) is 127 Å². The molecule has 1 aromatic heterocycles. The van der Waals surface area contributed by atoms with Gasteiger partial charge in [-0.2, -0.15) is 0 Å². The van der Waals surface area contributed by atoms with E-state index >= 15 is 0 Å². The molecule has 0 unspecified atom stereocenters. The van der Waals surface area contributed by atoms with E-state index in [4.69, 9.17) is 4.74 Å². The van der Waals surface area contributed by atoms with Crippen molar-refractivity contribution in [1.82, 2.24) is 9.97 Å². The molecular weight excluding hydrogens is 476 g/mol. The number of unbranched alkanes of at least 4 members (excludes halogenated alkanes) is 13. The zero-order valence-corrected chi connectivity index (χ0v) is 24.8. The molecule has 212 valence electrons. The quantitative estimate of drug-likeness (QED) is 0.129. The molecule has 0 N–H and O–H groups in total. The van der Waals surface area contributed by atoms with Gasteiger partial charge in [0.15, 0.2) is 11.6 Å². The third-order valence-electron chi connectivity index (χ3n) is 7.66. The van der Waals surface area contributed by atoms with Gasteiger partial charge >= 0.3 is 0 Å². The number of aromatic nitrogens is 2. The lowest BCUT2D eigenvalue weighted by Crippen LogP contribution is -1.98. The van der Waals surface area contributed by atoms with Crippen LogP contribution in [0.15, 0.2) is 60.9 Å². The largest absolute Gasteiger partial charge is 0.486 e. The van der Waals surface area contributed by atoms with Crippen molar-refractivity contribution < 1.29 is 4.74 Å². The highest BCUT2D eigenvalue weighted by atomic mass is 16.5. The van der Waals surface area contributed by atoms with Crippen LogP contribution in [0.25, 0.3) is 11.4 Å². The Labute approximate surface area is 238 Å². The van der Waals surface area contributed by atoms with Crippen molar-refractivity contribution >= 4 is 0 Å². The SMILES string of the molecule is CCCCCCCCCCc1ccc(-c2ncc(OCc3ccc(CCCCCCCCC)cc3)cn2)cc1. The van der Waals surface area contributed by atoms with Crippen LogP contribution >= 0.6 is 0 Å². The Kier molecular flexibility index (Phi) is 15.3. The van der Waals surface area contributed by atoms with Crippen molar-refractivity contribution in [3.8, 4) is 17.1 Å². The lowest BCUT2D eigenvalue weighted by molar-refractivity contribution is 0.303. The summed E-state index contributed by atoms with van der Waals surface area (Å²) in [6.07, 6.45) is 26.3. The molecule has 0 amide bonds. The summed E-state index contributed by atoms with van der Waals surface area (Å²) in [6.45, 7) is 5.09. The molecule has 0 radical (unpaired) electrons. The van der Waals surface area contributed by atoms with E-state index in [2.05, 4.69) is 72.3 Å². The molecule has 2 aromatic carbocycles. The monoisotopic (exact) mass is 528 g/mol. The molecular formula is C36H52N2O. The second-order valence-corrected chi connectivity index (χ2v) is 11.1. The van der Waals surface area contributed by atoms with Crippen molar-refractivity contribution in [2.75, 3.05) is 0 Å². The maximum Gasteiger partial charge on any atom is 0.159 e. The van der Waals surface area contributed by atoms with Gasteiger partial charge in [-0.1, -0.05) is 146 Å². The number of aryl methyl sites for hydroxylation is 2. The predicted octanol–water partition coefficient (Wildman–Crippen LogP) is 10.7. The Morgan fingerprint density at radius 3 is 1.38 bits per heavy atom. The minimum Gasteiger partial charge on any atom is -0.486 e. The number of nitrogens with zero attached hydrogens (tertiary/aromatic N) is 2. The number of rotatable bonds is 21. The van der Waals surface area contributed by atoms with Crippen LogP contribution in [0.4, 0.5) is 0 Å². The van der Waals surface area contributed by atoms with E-state index in [9.17, 15) is 0 Å². The van der Waals surface area contributed by atoms with Crippen LogP contribution in [0.3, 0.4) is 0 Å². The Balaban J connectivity index is 1.33. The van der Waals surface area contributed by atoms with Gasteiger partial charge in [-0.15, -0.1) is 0 Å². The second kappa shape index (κ2) is 19.4. The van der Waals surface area contributed by atoms with Crippen LogP contribution in [0.2, 0.25) is 0 Å². The summed E-state index contributed by atoms with van der Waals surface area (Å²) < 4.78 is 5.95. The van der Waals surface area contributed by atoms with Gasteiger partial charge in [0.05, 0.1) is 12.4 Å². The predicted molar refractivity (Wildman–Crippen MR) is 166 cm³/mol. The van der Waals surface area contributed by atoms with Crippen molar-refractivity contribution in [1.29, 1.82) is 0 Å². The number of hydrogen-bond acceptors (Lipinski definition) is 3. The van der Waals surface area contributed by atoms with Crippen LogP contribution < -0.4 is 4.74 Å². The minimum absolute atomic E-state index is 0.536. The molecule has 1 heterocycles. The summed E-state index contributed by atoms with van der Waals surface area (Å²) in [6, 6.07) is 17.6. The maximum absolute atomic E-state index is 5.95. The number of hydrogen-bond donors (Lipinski definition) is 0. The van der Waals surface area contributed by atoms with Crippen LogP contribution in [0, 0.1) is 0 Å². The summed E-state index contributed by atoms with van der Waals surface area (Å²) in [7, 11) is 0. The van der Waals surface area contributed by atoms with Gasteiger partial charge in [0.25, 0.3) is 0 Å². The van der Waals surface area contributed by atoms with Gasteiger partial charge in [0.1, 0.15) is 6.61 Å². The van der Waals surface area contributed by atoms with E-state index in [0.29, 0.717) is 12.4 Å². The average molecular weight is 529 g/mol. The normalized spacial score (nSPS) is 11.1. The van der Waals surface area contributed by atoms with Gasteiger partial charge in [-0.3, -0.25) is 0 Å². The lowest BCUT2D eigenvalue weighted by Gasteiger charge is -2.08. The average Bonchev–Trinajstić information content (AvgIpc) is 2.98. The zero-order valence-electron chi connectivity index (χ0n) is 24.8. The Hall–Kier alpha value is -2.68. The fraction of sp³-hybridized carbons (Fsp3) is 0.556. The summed E-state index contributed by atoms with van der Waals surface area (Å²) in [5.41, 5.74) is 5.05. The number of ether oxygens (including phenoxy) is 1. The fourth-order valence-electron chi connectivity index (χ4n) is 5.08. The number of benzene rings is 2. The summed E-state index contributed by atoms with van der Waals surface area (Å²) in [5.74, 6) is 1.45. The van der Waals surface area contributed by atoms with Crippen LogP contribution in [-0.4, -0.2) is 9.97 Å². The van der Waals surface area contributed by atoms with Crippen molar-refractivity contribution in [2.45, 2.75) is 130 Å². The first-order valence-electron chi connectivity index (χ1n) is 15.9. The molecule has 0 aliphatic rings. The Morgan fingerprint density at radius 1 is 0.487 bits per heavy atom. The summed E-state index contributed by atoms with van der Waals surface area (Å²) in [4.78, 5) is 9.10. The molecule has 0 fully saturated rings. The summed E-state index contributed by atoms with van der Waals surface area (Å²) in [5, 5.41) is 0. The fourth-order valence-corrected chi connectivity index (χ4v) is 5.08. The van der Waals surface area contributed by atoms with E-state index < -0.39 is 0 Å². The third kappa shape index (κ3) is 12.8. The first-order valence-corrected chi connectivity index (χ1v) is 15.9. The van der Waals surface area contributed by atoms with E-state index in [0.717, 1.165) is 17.8 Å². The maximum atomic E-state index is 5.95. The summed E-state index contributed by atoms with van der Waals surface area (Å²) >= 11 is 0. The molecule has 3 aromatic rings. The van der Waals surface area contributed by atoms with Crippen LogP contribution in [-0.2, 0) is 19.4 Å². The Bertz CT molecular complexity index is 996. The first kappa shape index (κ1) is 30.9. The van der Waals surface area contributed by atoms with Crippen molar-refractivity contribution in [2.24, 2.45) is 0 Å². The highest BCUT2D eigenvalue weighted by Gasteiger charge is 2.04. The highest BCUT2D eigenvalue weighted by Crippen LogP contribution is 2.20. The van der Waals surface area contributed by atoms with Crippen molar-refractivity contribution in [3.63, 3.8) is 0 Å². The minimum atomic E-state index is 0.536. The Morgan fingerprint density at radius 2 is 0.897 bits per heavy atom. The topological polar surface area (TPSA) is 35.0 Å². The third-order valence-corrected chi connectivity index (χ3v) is 7.66. The van der Waals surface area contributed by atoms with E-state index in [-0.39, 0.29) is 0 Å². The van der Waals surface area contributed by atoms with E-state index in [1.807, 2.05) is 0 Å². The van der Waals surface area contributed by atoms with Crippen LogP contribution in [0.5, 0.6) is 5.75 Å². The molecule has 3 rings (SSSR count). The van der Waals surface area contributed by atoms with Gasteiger partial charge in [-0.05, 0) is 42.4 Å². The smallest absolute Gasteiger partial charge is 0.159 e. The molecule has 3 heteroatoms. The molecule has 0 saturated carbocycles. The molecule has 0 aliphatic heterocycles. The van der Waals surface area contributed by atoms with Gasteiger partial charge in [0.2, 0.25) is 0 Å². The van der Waals surface area contributed by atoms with Gasteiger partial charge < -0.3 is 4.74 Å². The highest BCUT2D eigenvalue weighted by molar-refractivity contribution is 5.55. The van der Waals surface area contributed by atoms with E-state index in [1.165, 1.54) is 119 Å². The molecule has 0 spiro atoms. The zero-order chi connectivity index (χ0) is 27.4. The molecule has 0 saturated heterocycles.